The summed E-state index contributed by atoms with van der Waals surface area (Å²) in [7, 11) is -3.71. The number of hydrogen-bond donors (Lipinski definition) is 2. The van der Waals surface area contributed by atoms with Crippen molar-refractivity contribution in [1.29, 1.82) is 0 Å². The molecule has 0 saturated carbocycles. The van der Waals surface area contributed by atoms with Gasteiger partial charge in [-0.1, -0.05) is 24.3 Å². The number of carbonyl (C=O) groups is 1. The standard InChI is InChI=1S/C22H24N2O5S/c1-22(2,3)24-30(26,27)19-11-7-8-16(14-19)23-21(25)20-13-12-18(29-20)15-28-17-9-5-4-6-10-17/h4-14,24H,15H2,1-3H3,(H,23,25). The monoisotopic (exact) mass is 428 g/mol. The average molecular weight is 429 g/mol. The maximum Gasteiger partial charge on any atom is 0.291 e. The van der Waals surface area contributed by atoms with Gasteiger partial charge in [0.15, 0.2) is 5.76 Å². The Kier molecular flexibility index (Phi) is 6.28. The van der Waals surface area contributed by atoms with E-state index in [9.17, 15) is 13.2 Å². The predicted octanol–water partition coefficient (Wildman–Crippen LogP) is 4.19. The normalized spacial score (nSPS) is 11.8. The van der Waals surface area contributed by atoms with Gasteiger partial charge >= 0.3 is 0 Å². The molecule has 2 aromatic carbocycles. The van der Waals surface area contributed by atoms with Crippen molar-refractivity contribution in [3.05, 3.63) is 78.3 Å². The maximum absolute atomic E-state index is 12.5. The molecule has 30 heavy (non-hydrogen) atoms. The van der Waals surface area contributed by atoms with E-state index in [0.717, 1.165) is 0 Å². The van der Waals surface area contributed by atoms with Crippen LogP contribution in [-0.2, 0) is 16.6 Å². The predicted molar refractivity (Wildman–Crippen MR) is 114 cm³/mol. The molecule has 1 aromatic heterocycles. The fourth-order valence-corrected chi connectivity index (χ4v) is 4.11. The molecule has 2 N–H and O–H groups in total. The molecular formula is C22H24N2O5S. The molecule has 0 unspecified atom stereocenters. The fraction of sp³-hybridized carbons (Fsp3) is 0.227. The van der Waals surface area contributed by atoms with Crippen molar-refractivity contribution in [2.75, 3.05) is 5.32 Å². The summed E-state index contributed by atoms with van der Waals surface area (Å²) in [4.78, 5) is 12.5. The second kappa shape index (κ2) is 8.73. The van der Waals surface area contributed by atoms with Crippen LogP contribution in [0.2, 0.25) is 0 Å². The molecule has 0 aliphatic carbocycles. The molecule has 0 aliphatic rings. The third-order valence-electron chi connectivity index (χ3n) is 3.85. The number of ether oxygens (including phenoxy) is 1. The van der Waals surface area contributed by atoms with E-state index >= 15 is 0 Å². The average Bonchev–Trinajstić information content (AvgIpc) is 3.15. The summed E-state index contributed by atoms with van der Waals surface area (Å²) in [5.41, 5.74) is -0.278. The molecule has 3 rings (SSSR count). The summed E-state index contributed by atoms with van der Waals surface area (Å²) in [6.45, 7) is 5.45. The van der Waals surface area contributed by atoms with Crippen LogP contribution in [0, 0.1) is 0 Å². The van der Waals surface area contributed by atoms with Crippen LogP contribution in [0.1, 0.15) is 37.1 Å². The summed E-state index contributed by atoms with van der Waals surface area (Å²) >= 11 is 0. The minimum Gasteiger partial charge on any atom is -0.486 e. The van der Waals surface area contributed by atoms with Crippen molar-refractivity contribution in [2.24, 2.45) is 0 Å². The van der Waals surface area contributed by atoms with Crippen LogP contribution in [0.25, 0.3) is 0 Å². The van der Waals surface area contributed by atoms with Crippen molar-refractivity contribution in [1.82, 2.24) is 4.72 Å². The highest BCUT2D eigenvalue weighted by Crippen LogP contribution is 2.19. The largest absolute Gasteiger partial charge is 0.486 e. The van der Waals surface area contributed by atoms with E-state index in [0.29, 0.717) is 17.2 Å². The van der Waals surface area contributed by atoms with E-state index in [2.05, 4.69) is 10.0 Å². The number of benzene rings is 2. The maximum atomic E-state index is 12.5. The molecule has 3 aromatic rings. The van der Waals surface area contributed by atoms with Crippen molar-refractivity contribution in [3.63, 3.8) is 0 Å². The molecule has 1 heterocycles. The van der Waals surface area contributed by atoms with Gasteiger partial charge in [-0.15, -0.1) is 0 Å². The van der Waals surface area contributed by atoms with Crippen molar-refractivity contribution >= 4 is 21.6 Å². The molecule has 0 saturated heterocycles. The second-order valence-electron chi connectivity index (χ2n) is 7.71. The minimum absolute atomic E-state index is 0.0617. The Morgan fingerprint density at radius 1 is 1.00 bits per heavy atom. The van der Waals surface area contributed by atoms with Gasteiger partial charge in [-0.2, -0.15) is 0 Å². The fourth-order valence-electron chi connectivity index (χ4n) is 2.64. The Balaban J connectivity index is 1.66. The van der Waals surface area contributed by atoms with E-state index in [1.165, 1.54) is 12.1 Å². The molecule has 8 heteroatoms. The van der Waals surface area contributed by atoms with Crippen LogP contribution in [0.4, 0.5) is 5.69 Å². The van der Waals surface area contributed by atoms with E-state index in [1.54, 1.807) is 45.0 Å². The smallest absolute Gasteiger partial charge is 0.291 e. The summed E-state index contributed by atoms with van der Waals surface area (Å²) in [5.74, 6) is 0.804. The molecule has 0 atom stereocenters. The number of para-hydroxylation sites is 1. The lowest BCUT2D eigenvalue weighted by atomic mass is 10.1. The molecule has 0 spiro atoms. The number of anilines is 1. The number of sulfonamides is 1. The van der Waals surface area contributed by atoms with Gasteiger partial charge in [-0.3, -0.25) is 4.79 Å². The summed E-state index contributed by atoms with van der Waals surface area (Å²) in [6.07, 6.45) is 0. The van der Waals surface area contributed by atoms with Crippen LogP contribution in [0.3, 0.4) is 0 Å². The molecular weight excluding hydrogens is 404 g/mol. The van der Waals surface area contributed by atoms with Crippen LogP contribution in [0.15, 0.2) is 76.0 Å². The first-order chi connectivity index (χ1) is 14.1. The first-order valence-electron chi connectivity index (χ1n) is 9.34. The zero-order valence-corrected chi connectivity index (χ0v) is 17.8. The van der Waals surface area contributed by atoms with Crippen LogP contribution in [-0.4, -0.2) is 19.9 Å². The molecule has 0 radical (unpaired) electrons. The lowest BCUT2D eigenvalue weighted by molar-refractivity contribution is 0.0992. The van der Waals surface area contributed by atoms with Gasteiger partial charge in [-0.25, -0.2) is 13.1 Å². The minimum atomic E-state index is -3.71. The molecule has 158 valence electrons. The Hall–Kier alpha value is -3.10. The quantitative estimate of drug-likeness (QED) is 0.588. The molecule has 0 aliphatic heterocycles. The van der Waals surface area contributed by atoms with Gasteiger partial charge in [0.05, 0.1) is 4.90 Å². The van der Waals surface area contributed by atoms with Gasteiger partial charge in [0.25, 0.3) is 5.91 Å². The van der Waals surface area contributed by atoms with E-state index in [4.69, 9.17) is 9.15 Å². The lowest BCUT2D eigenvalue weighted by Gasteiger charge is -2.20. The van der Waals surface area contributed by atoms with Crippen LogP contribution in [0.5, 0.6) is 5.75 Å². The highest BCUT2D eigenvalue weighted by Gasteiger charge is 2.22. The zero-order valence-electron chi connectivity index (χ0n) is 17.0. The summed E-state index contributed by atoms with van der Waals surface area (Å²) in [5, 5.41) is 2.65. The van der Waals surface area contributed by atoms with E-state index in [-0.39, 0.29) is 17.3 Å². The molecule has 0 bridgehead atoms. The van der Waals surface area contributed by atoms with Gasteiger partial charge in [0.2, 0.25) is 10.0 Å². The number of nitrogens with one attached hydrogen (secondary N) is 2. The van der Waals surface area contributed by atoms with Gasteiger partial charge in [0.1, 0.15) is 18.1 Å². The summed E-state index contributed by atoms with van der Waals surface area (Å²) in [6, 6.07) is 18.5. The van der Waals surface area contributed by atoms with E-state index in [1.807, 2.05) is 30.3 Å². The third-order valence-corrected chi connectivity index (χ3v) is 5.61. The molecule has 7 nitrogen and oxygen atoms in total. The highest BCUT2D eigenvalue weighted by molar-refractivity contribution is 7.89. The van der Waals surface area contributed by atoms with Gasteiger partial charge < -0.3 is 14.5 Å². The number of hydrogen-bond acceptors (Lipinski definition) is 5. The first kappa shape index (κ1) is 21.6. The second-order valence-corrected chi connectivity index (χ2v) is 9.39. The van der Waals surface area contributed by atoms with Crippen LogP contribution >= 0.6 is 0 Å². The molecule has 1 amide bonds. The zero-order chi connectivity index (χ0) is 21.8. The number of amides is 1. The first-order valence-corrected chi connectivity index (χ1v) is 10.8. The topological polar surface area (TPSA) is 97.6 Å². The van der Waals surface area contributed by atoms with Gasteiger partial charge in [0, 0.05) is 11.2 Å². The highest BCUT2D eigenvalue weighted by atomic mass is 32.2. The van der Waals surface area contributed by atoms with Crippen molar-refractivity contribution in [3.8, 4) is 5.75 Å². The number of furan rings is 1. The van der Waals surface area contributed by atoms with Gasteiger partial charge in [-0.05, 0) is 63.2 Å². The molecule has 0 fully saturated rings. The lowest BCUT2D eigenvalue weighted by Crippen LogP contribution is -2.40. The Bertz CT molecular complexity index is 1120. The Labute approximate surface area is 176 Å². The third kappa shape index (κ3) is 5.95. The summed E-state index contributed by atoms with van der Waals surface area (Å²) < 4.78 is 38.7. The Morgan fingerprint density at radius 2 is 1.73 bits per heavy atom. The number of rotatable bonds is 7. The van der Waals surface area contributed by atoms with Crippen LogP contribution < -0.4 is 14.8 Å². The Morgan fingerprint density at radius 3 is 2.43 bits per heavy atom. The van der Waals surface area contributed by atoms with E-state index < -0.39 is 21.5 Å². The number of carbonyl (C=O) groups excluding carboxylic acids is 1. The SMILES string of the molecule is CC(C)(C)NS(=O)(=O)c1cccc(NC(=O)c2ccc(COc3ccccc3)o2)c1. The van der Waals surface area contributed by atoms with Crippen molar-refractivity contribution in [2.45, 2.75) is 37.8 Å². The van der Waals surface area contributed by atoms with Crippen molar-refractivity contribution < 1.29 is 22.4 Å².